The summed E-state index contributed by atoms with van der Waals surface area (Å²) in [6.07, 6.45) is 4.37. The number of aryl methyl sites for hydroxylation is 2. The summed E-state index contributed by atoms with van der Waals surface area (Å²) in [5, 5.41) is 3.30. The van der Waals surface area contributed by atoms with E-state index < -0.39 is 39.2 Å². The van der Waals surface area contributed by atoms with Crippen molar-refractivity contribution < 1.29 is 26.4 Å². The van der Waals surface area contributed by atoms with Gasteiger partial charge >= 0.3 is 0 Å². The Balaban J connectivity index is 1.86. The number of aromatic nitrogens is 1. The number of carbonyl (C=O) groups is 1. The zero-order valence-corrected chi connectivity index (χ0v) is 21.6. The Labute approximate surface area is 212 Å². The van der Waals surface area contributed by atoms with Gasteiger partial charge in [0.2, 0.25) is 10.0 Å². The van der Waals surface area contributed by atoms with E-state index in [1.807, 2.05) is 30.1 Å². The number of hydrogen-bond acceptors (Lipinski definition) is 6. The number of benzene rings is 2. The van der Waals surface area contributed by atoms with Gasteiger partial charge in [0.1, 0.15) is 16.9 Å². The van der Waals surface area contributed by atoms with E-state index in [0.717, 1.165) is 24.0 Å². The molecule has 2 aromatic carbocycles. The van der Waals surface area contributed by atoms with Crippen LogP contribution >= 0.6 is 0 Å². The van der Waals surface area contributed by atoms with Crippen LogP contribution in [0.15, 0.2) is 51.9 Å². The molecule has 0 aliphatic carbocycles. The summed E-state index contributed by atoms with van der Waals surface area (Å²) < 4.78 is 61.5. The van der Waals surface area contributed by atoms with Crippen molar-refractivity contribution in [1.82, 2.24) is 9.29 Å². The number of halogens is 2. The Morgan fingerprint density at radius 2 is 1.84 bits per heavy atom. The Morgan fingerprint density at radius 3 is 2.46 bits per heavy atom. The van der Waals surface area contributed by atoms with Gasteiger partial charge in [0.25, 0.3) is 5.91 Å². The molecule has 0 aliphatic heterocycles. The smallest absolute Gasteiger partial charge is 0.269 e. The molecule has 4 aromatic rings. The average molecular weight is 530 g/mol. The summed E-state index contributed by atoms with van der Waals surface area (Å²) in [6.45, 7) is 5.18. The molecule has 0 saturated carbocycles. The first-order valence-electron chi connectivity index (χ1n) is 11.2. The lowest BCUT2D eigenvalue weighted by atomic mass is 9.99. The first-order valence-corrected chi connectivity index (χ1v) is 13.1. The second-order valence-corrected chi connectivity index (χ2v) is 10.8. The fraction of sp³-hybridized carbons (Fsp3) is 0.231. The van der Waals surface area contributed by atoms with Crippen molar-refractivity contribution in [3.8, 4) is 11.3 Å². The minimum atomic E-state index is -4.04. The highest BCUT2D eigenvalue weighted by molar-refractivity contribution is 7.89. The summed E-state index contributed by atoms with van der Waals surface area (Å²) in [4.78, 5) is 25.8. The van der Waals surface area contributed by atoms with Crippen LogP contribution in [0.5, 0.6) is 0 Å². The SMILES string of the molecule is Cc1cc([C@@H](C)Nc2ccc(F)c(F)c2C(=O)NS(C)(=O)=O)c2oc(-c3ccn(C)c3)c(C)c(=O)c2c1. The molecule has 194 valence electrons. The van der Waals surface area contributed by atoms with Crippen molar-refractivity contribution in [2.75, 3.05) is 11.6 Å². The third-order valence-corrected chi connectivity index (χ3v) is 6.48. The van der Waals surface area contributed by atoms with Crippen LogP contribution in [0.1, 0.15) is 40.0 Å². The molecule has 0 spiro atoms. The van der Waals surface area contributed by atoms with Gasteiger partial charge in [-0.1, -0.05) is 6.07 Å². The van der Waals surface area contributed by atoms with Crippen molar-refractivity contribution in [3.05, 3.63) is 86.8 Å². The summed E-state index contributed by atoms with van der Waals surface area (Å²) in [5.74, 6) is -3.74. The number of amides is 1. The van der Waals surface area contributed by atoms with Crippen molar-refractivity contribution in [2.24, 2.45) is 7.05 Å². The number of sulfonamides is 1. The van der Waals surface area contributed by atoms with Gasteiger partial charge in [-0.2, -0.15) is 0 Å². The highest BCUT2D eigenvalue weighted by Crippen LogP contribution is 2.33. The highest BCUT2D eigenvalue weighted by Gasteiger charge is 2.25. The van der Waals surface area contributed by atoms with E-state index in [1.54, 1.807) is 37.6 Å². The van der Waals surface area contributed by atoms with Crippen LogP contribution in [-0.2, 0) is 17.1 Å². The first-order chi connectivity index (χ1) is 17.3. The Kier molecular flexibility index (Phi) is 6.68. The predicted molar refractivity (Wildman–Crippen MR) is 137 cm³/mol. The molecule has 0 saturated heterocycles. The van der Waals surface area contributed by atoms with Crippen LogP contribution in [0.4, 0.5) is 14.5 Å². The monoisotopic (exact) mass is 529 g/mol. The van der Waals surface area contributed by atoms with Gasteiger partial charge in [-0.15, -0.1) is 0 Å². The van der Waals surface area contributed by atoms with Crippen molar-refractivity contribution in [3.63, 3.8) is 0 Å². The van der Waals surface area contributed by atoms with Crippen molar-refractivity contribution >= 4 is 32.6 Å². The molecule has 0 radical (unpaired) electrons. The van der Waals surface area contributed by atoms with Crippen LogP contribution in [0.2, 0.25) is 0 Å². The quantitative estimate of drug-likeness (QED) is 0.379. The van der Waals surface area contributed by atoms with E-state index in [4.69, 9.17) is 4.42 Å². The molecule has 0 aliphatic rings. The molecular weight excluding hydrogens is 504 g/mol. The van der Waals surface area contributed by atoms with Gasteiger partial charge in [0.15, 0.2) is 17.1 Å². The maximum absolute atomic E-state index is 14.7. The number of hydrogen-bond donors (Lipinski definition) is 2. The number of fused-ring (bicyclic) bond motifs is 1. The molecule has 0 unspecified atom stereocenters. The molecule has 2 aromatic heterocycles. The molecule has 2 heterocycles. The lowest BCUT2D eigenvalue weighted by molar-refractivity contribution is 0.0977. The first kappa shape index (κ1) is 26.1. The predicted octanol–water partition coefficient (Wildman–Crippen LogP) is 4.56. The molecule has 1 atom stereocenters. The maximum atomic E-state index is 14.7. The number of nitrogens with zero attached hydrogens (tertiary/aromatic N) is 1. The number of nitrogens with one attached hydrogen (secondary N) is 2. The Bertz CT molecular complexity index is 1720. The van der Waals surface area contributed by atoms with Crippen molar-refractivity contribution in [1.29, 1.82) is 0 Å². The van der Waals surface area contributed by atoms with E-state index in [9.17, 15) is 26.8 Å². The van der Waals surface area contributed by atoms with E-state index in [0.29, 0.717) is 33.4 Å². The molecule has 8 nitrogen and oxygen atoms in total. The van der Waals surface area contributed by atoms with Gasteiger partial charge in [-0.05, 0) is 50.6 Å². The van der Waals surface area contributed by atoms with Crippen LogP contribution in [-0.4, -0.2) is 25.1 Å². The van der Waals surface area contributed by atoms with Gasteiger partial charge in [0.05, 0.1) is 23.4 Å². The average Bonchev–Trinajstić information content (AvgIpc) is 3.23. The zero-order valence-electron chi connectivity index (χ0n) is 20.8. The Hall–Kier alpha value is -3.99. The van der Waals surface area contributed by atoms with Gasteiger partial charge < -0.3 is 14.3 Å². The fourth-order valence-corrected chi connectivity index (χ4v) is 4.66. The fourth-order valence-electron chi connectivity index (χ4n) is 4.23. The van der Waals surface area contributed by atoms with Crippen LogP contribution in [0.3, 0.4) is 0 Å². The molecule has 2 N–H and O–H groups in total. The van der Waals surface area contributed by atoms with Crippen molar-refractivity contribution in [2.45, 2.75) is 26.8 Å². The largest absolute Gasteiger partial charge is 0.455 e. The molecular formula is C26H25F2N3O5S. The molecule has 37 heavy (non-hydrogen) atoms. The van der Waals surface area contributed by atoms with Crippen LogP contribution < -0.4 is 15.5 Å². The second-order valence-electron chi connectivity index (χ2n) is 9.04. The maximum Gasteiger partial charge on any atom is 0.269 e. The summed E-state index contributed by atoms with van der Waals surface area (Å²) in [7, 11) is -2.19. The van der Waals surface area contributed by atoms with E-state index >= 15 is 0 Å². The van der Waals surface area contributed by atoms with E-state index in [1.165, 1.54) is 0 Å². The normalized spacial score (nSPS) is 12.5. The van der Waals surface area contributed by atoms with Crippen LogP contribution in [0, 0.1) is 25.5 Å². The van der Waals surface area contributed by atoms with Crippen LogP contribution in [0.25, 0.3) is 22.3 Å². The van der Waals surface area contributed by atoms with Gasteiger partial charge in [0, 0.05) is 36.1 Å². The van der Waals surface area contributed by atoms with E-state index in [-0.39, 0.29) is 11.1 Å². The molecule has 1 amide bonds. The summed E-state index contributed by atoms with van der Waals surface area (Å²) in [5.41, 5.74) is 1.60. The highest BCUT2D eigenvalue weighted by atomic mass is 32.2. The summed E-state index contributed by atoms with van der Waals surface area (Å²) in [6, 6.07) is 6.60. The number of rotatable bonds is 6. The standard InChI is InChI=1S/C26H25F2N3O5S/c1-13-10-17(25-18(11-13)23(32)14(2)24(36-25)16-8-9-31(4)12-16)15(3)29-20-7-6-19(27)22(28)21(20)26(33)30-37(5,34)35/h6-12,15,29H,1-5H3,(H,30,33)/t15-/m1/s1. The minimum absolute atomic E-state index is 0.139. The molecule has 4 rings (SSSR count). The van der Waals surface area contributed by atoms with Gasteiger partial charge in [-0.3, -0.25) is 9.59 Å². The van der Waals surface area contributed by atoms with E-state index in [2.05, 4.69) is 5.32 Å². The second kappa shape index (κ2) is 9.47. The van der Waals surface area contributed by atoms with Gasteiger partial charge in [-0.25, -0.2) is 21.9 Å². The number of carbonyl (C=O) groups excluding carboxylic acids is 1. The third-order valence-electron chi connectivity index (χ3n) is 5.92. The molecule has 0 bridgehead atoms. The summed E-state index contributed by atoms with van der Waals surface area (Å²) >= 11 is 0. The topological polar surface area (TPSA) is 110 Å². The third kappa shape index (κ3) is 5.12. The lowest BCUT2D eigenvalue weighted by Crippen LogP contribution is -2.31. The number of anilines is 1. The minimum Gasteiger partial charge on any atom is -0.455 e. The molecule has 11 heteroatoms. The zero-order chi connectivity index (χ0) is 27.2. The Morgan fingerprint density at radius 1 is 1.14 bits per heavy atom. The lowest BCUT2D eigenvalue weighted by Gasteiger charge is -2.20. The molecule has 0 fully saturated rings.